The molecule has 1 aromatic heterocycles. The Kier molecular flexibility index (Phi) is 7.34. The van der Waals surface area contributed by atoms with Gasteiger partial charge >= 0.3 is 0 Å². The number of halogens is 1. The van der Waals surface area contributed by atoms with Crippen LogP contribution in [0.25, 0.3) is 11.3 Å². The van der Waals surface area contributed by atoms with Crippen molar-refractivity contribution in [3.05, 3.63) is 94.3 Å². The highest BCUT2D eigenvalue weighted by Gasteiger charge is 2.08. The lowest BCUT2D eigenvalue weighted by Gasteiger charge is -2.06. The lowest BCUT2D eigenvalue weighted by Crippen LogP contribution is -2.17. The Morgan fingerprint density at radius 2 is 1.85 bits per heavy atom. The molecule has 4 rings (SSSR count). The number of para-hydroxylation sites is 1. The molecule has 2 N–H and O–H groups in total. The minimum atomic E-state index is -0.296. The number of hydrogen-bond donors (Lipinski definition) is 2. The van der Waals surface area contributed by atoms with Gasteiger partial charge in [-0.1, -0.05) is 35.9 Å². The van der Waals surface area contributed by atoms with Crippen molar-refractivity contribution in [3.63, 3.8) is 0 Å². The number of nitrogens with one attached hydrogen (secondary N) is 2. The highest BCUT2D eigenvalue weighted by atomic mass is 35.5. The van der Waals surface area contributed by atoms with E-state index in [1.807, 2.05) is 73.0 Å². The normalized spacial score (nSPS) is 10.8. The van der Waals surface area contributed by atoms with Crippen molar-refractivity contribution < 1.29 is 9.53 Å². The van der Waals surface area contributed by atoms with Gasteiger partial charge in [-0.2, -0.15) is 5.10 Å². The first kappa shape index (κ1) is 22.5. The van der Waals surface area contributed by atoms with Gasteiger partial charge in [-0.25, -0.2) is 10.4 Å². The largest absolute Gasteiger partial charge is 0.493 e. The van der Waals surface area contributed by atoms with Crippen molar-refractivity contribution in [2.24, 2.45) is 5.10 Å². The smallest absolute Gasteiger partial charge is 0.271 e. The molecular formula is C25H21ClN4O2S. The fraction of sp³-hybridized carbons (Fsp3) is 0.0800. The van der Waals surface area contributed by atoms with Gasteiger partial charge in [-0.15, -0.1) is 11.3 Å². The van der Waals surface area contributed by atoms with Crippen LogP contribution in [-0.2, 0) is 0 Å². The van der Waals surface area contributed by atoms with Crippen LogP contribution < -0.4 is 15.5 Å². The monoisotopic (exact) mass is 476 g/mol. The van der Waals surface area contributed by atoms with E-state index in [-0.39, 0.29) is 5.91 Å². The van der Waals surface area contributed by atoms with E-state index in [2.05, 4.69) is 20.8 Å². The molecule has 4 aromatic rings. The van der Waals surface area contributed by atoms with Crippen LogP contribution in [-0.4, -0.2) is 23.7 Å². The molecule has 0 saturated heterocycles. The number of carbonyl (C=O) groups excluding carboxylic acids is 1. The van der Waals surface area contributed by atoms with Crippen LogP contribution in [0, 0.1) is 0 Å². The number of hydrazone groups is 1. The Balaban J connectivity index is 1.37. The third kappa shape index (κ3) is 5.97. The standard InChI is InChI=1S/C25H21ClN4O2S/c1-2-32-23-6-4-3-5-19(23)15-27-30-24(31)18-9-7-17(8-10-18)22-16-33-25(29-22)28-21-13-11-20(26)12-14-21/h3-16H,2H2,1H3,(H,28,29)(H,30,31)/b27-15-. The minimum absolute atomic E-state index is 0.296. The summed E-state index contributed by atoms with van der Waals surface area (Å²) in [6.07, 6.45) is 1.57. The number of rotatable bonds is 8. The zero-order valence-electron chi connectivity index (χ0n) is 17.8. The van der Waals surface area contributed by atoms with Gasteiger partial charge in [0.1, 0.15) is 5.75 Å². The molecule has 166 valence electrons. The summed E-state index contributed by atoms with van der Waals surface area (Å²) < 4.78 is 5.56. The van der Waals surface area contributed by atoms with Crippen LogP contribution in [0.1, 0.15) is 22.8 Å². The molecule has 1 amide bonds. The number of thiazole rings is 1. The number of aromatic nitrogens is 1. The van der Waals surface area contributed by atoms with Crippen LogP contribution in [0.15, 0.2) is 83.3 Å². The van der Waals surface area contributed by atoms with Crippen LogP contribution in [0.5, 0.6) is 5.75 Å². The fourth-order valence-electron chi connectivity index (χ4n) is 3.01. The predicted octanol–water partition coefficient (Wildman–Crippen LogP) is 6.37. The quantitative estimate of drug-likeness (QED) is 0.229. The van der Waals surface area contributed by atoms with Crippen molar-refractivity contribution in [1.29, 1.82) is 0 Å². The van der Waals surface area contributed by atoms with E-state index >= 15 is 0 Å². The van der Waals surface area contributed by atoms with E-state index in [9.17, 15) is 4.79 Å². The molecule has 33 heavy (non-hydrogen) atoms. The molecule has 3 aromatic carbocycles. The number of carbonyl (C=O) groups is 1. The summed E-state index contributed by atoms with van der Waals surface area (Å²) in [5, 5.41) is 10.7. The van der Waals surface area contributed by atoms with Gasteiger partial charge in [-0.3, -0.25) is 4.79 Å². The molecule has 0 radical (unpaired) electrons. The third-order valence-electron chi connectivity index (χ3n) is 4.63. The summed E-state index contributed by atoms with van der Waals surface area (Å²) in [7, 11) is 0. The average molecular weight is 477 g/mol. The molecule has 0 spiro atoms. The lowest BCUT2D eigenvalue weighted by atomic mass is 10.1. The zero-order valence-corrected chi connectivity index (χ0v) is 19.4. The van der Waals surface area contributed by atoms with Crippen molar-refractivity contribution >= 4 is 45.9 Å². The lowest BCUT2D eigenvalue weighted by molar-refractivity contribution is 0.0955. The van der Waals surface area contributed by atoms with Crippen molar-refractivity contribution in [1.82, 2.24) is 10.4 Å². The Bertz CT molecular complexity index is 1250. The molecule has 0 aliphatic rings. The van der Waals surface area contributed by atoms with Crippen LogP contribution in [0.2, 0.25) is 5.02 Å². The molecule has 0 aliphatic heterocycles. The number of nitrogens with zero attached hydrogens (tertiary/aromatic N) is 2. The fourth-order valence-corrected chi connectivity index (χ4v) is 3.88. The van der Waals surface area contributed by atoms with E-state index < -0.39 is 0 Å². The number of anilines is 2. The Morgan fingerprint density at radius 3 is 2.61 bits per heavy atom. The first-order valence-electron chi connectivity index (χ1n) is 10.3. The maximum Gasteiger partial charge on any atom is 0.271 e. The third-order valence-corrected chi connectivity index (χ3v) is 5.64. The van der Waals surface area contributed by atoms with E-state index in [1.54, 1.807) is 18.3 Å². The molecular weight excluding hydrogens is 456 g/mol. The van der Waals surface area contributed by atoms with Crippen LogP contribution in [0.3, 0.4) is 0 Å². The van der Waals surface area contributed by atoms with Crippen LogP contribution >= 0.6 is 22.9 Å². The second-order valence-electron chi connectivity index (χ2n) is 6.92. The highest BCUT2D eigenvalue weighted by Crippen LogP contribution is 2.28. The predicted molar refractivity (Wildman–Crippen MR) is 135 cm³/mol. The van der Waals surface area contributed by atoms with E-state index in [4.69, 9.17) is 16.3 Å². The molecule has 1 heterocycles. The molecule has 0 bridgehead atoms. The summed E-state index contributed by atoms with van der Waals surface area (Å²) in [6.45, 7) is 2.48. The molecule has 0 aliphatic carbocycles. The molecule has 0 atom stereocenters. The highest BCUT2D eigenvalue weighted by molar-refractivity contribution is 7.14. The summed E-state index contributed by atoms with van der Waals surface area (Å²) in [4.78, 5) is 17.1. The van der Waals surface area contributed by atoms with Gasteiger partial charge in [-0.05, 0) is 55.5 Å². The molecule has 6 nitrogen and oxygen atoms in total. The van der Waals surface area contributed by atoms with Crippen molar-refractivity contribution in [2.45, 2.75) is 6.92 Å². The first-order chi connectivity index (χ1) is 16.1. The number of hydrogen-bond acceptors (Lipinski definition) is 6. The van der Waals surface area contributed by atoms with Crippen molar-refractivity contribution in [3.8, 4) is 17.0 Å². The second kappa shape index (κ2) is 10.8. The second-order valence-corrected chi connectivity index (χ2v) is 8.21. The average Bonchev–Trinajstić information content (AvgIpc) is 3.30. The van der Waals surface area contributed by atoms with Gasteiger partial charge in [0, 0.05) is 32.8 Å². The van der Waals surface area contributed by atoms with Gasteiger partial charge in [0.25, 0.3) is 5.91 Å². The number of amides is 1. The Labute approximate surface area is 200 Å². The zero-order chi connectivity index (χ0) is 23.0. The summed E-state index contributed by atoms with van der Waals surface area (Å²) in [5.74, 6) is 0.422. The maximum absolute atomic E-state index is 12.4. The molecule has 0 unspecified atom stereocenters. The Hall–Kier alpha value is -3.68. The number of ether oxygens (including phenoxy) is 1. The summed E-state index contributed by atoms with van der Waals surface area (Å²) >= 11 is 7.43. The van der Waals surface area contributed by atoms with Gasteiger partial charge in [0.2, 0.25) is 0 Å². The molecule has 8 heteroatoms. The van der Waals surface area contributed by atoms with E-state index in [0.717, 1.165) is 33.4 Å². The summed E-state index contributed by atoms with van der Waals surface area (Å²) in [6, 6.07) is 22.2. The van der Waals surface area contributed by atoms with Crippen molar-refractivity contribution in [2.75, 3.05) is 11.9 Å². The van der Waals surface area contributed by atoms with Gasteiger partial charge in [0.05, 0.1) is 18.5 Å². The SMILES string of the molecule is CCOc1ccccc1/C=N\NC(=O)c1ccc(-c2csc(Nc3ccc(Cl)cc3)n2)cc1. The summed E-state index contributed by atoms with van der Waals surface area (Å²) in [5.41, 5.74) is 6.51. The topological polar surface area (TPSA) is 75.6 Å². The van der Waals surface area contributed by atoms with Crippen LogP contribution in [0.4, 0.5) is 10.8 Å². The first-order valence-corrected chi connectivity index (χ1v) is 11.5. The van der Waals surface area contributed by atoms with Gasteiger partial charge < -0.3 is 10.1 Å². The molecule has 0 fully saturated rings. The molecule has 0 saturated carbocycles. The number of benzene rings is 3. The minimum Gasteiger partial charge on any atom is -0.493 e. The van der Waals surface area contributed by atoms with Gasteiger partial charge in [0.15, 0.2) is 5.13 Å². The Morgan fingerprint density at radius 1 is 1.09 bits per heavy atom. The van der Waals surface area contributed by atoms with E-state index in [0.29, 0.717) is 17.2 Å². The maximum atomic E-state index is 12.4. The van der Waals surface area contributed by atoms with E-state index in [1.165, 1.54) is 11.3 Å².